The van der Waals surface area contributed by atoms with Gasteiger partial charge in [-0.15, -0.1) is 0 Å². The van der Waals surface area contributed by atoms with Gasteiger partial charge in [-0.25, -0.2) is 4.68 Å². The number of hydrogen-bond acceptors (Lipinski definition) is 8. The second-order valence-corrected chi connectivity index (χ2v) is 5.88. The Morgan fingerprint density at radius 3 is 2.58 bits per heavy atom. The van der Waals surface area contributed by atoms with E-state index >= 15 is 0 Å². The van der Waals surface area contributed by atoms with E-state index in [4.69, 9.17) is 0 Å². The number of anilines is 2. The third-order valence-electron chi connectivity index (χ3n) is 3.87. The smallest absolute Gasteiger partial charge is 0.257 e. The minimum Gasteiger partial charge on any atom is -0.354 e. The van der Waals surface area contributed by atoms with E-state index in [0.717, 1.165) is 26.2 Å². The highest BCUT2D eigenvalue weighted by Gasteiger charge is 2.19. The number of piperazine rings is 1. The number of hydrogen-bond donors (Lipinski definition) is 1. The predicted octanol–water partition coefficient (Wildman–Crippen LogP) is 0.200. The molecule has 0 bridgehead atoms. The first kappa shape index (κ1) is 16.3. The van der Waals surface area contributed by atoms with Crippen LogP contribution in [0.3, 0.4) is 0 Å². The summed E-state index contributed by atoms with van der Waals surface area (Å²) in [7, 11) is 2.11. The quantitative estimate of drug-likeness (QED) is 0.803. The van der Waals surface area contributed by atoms with Crippen molar-refractivity contribution in [3.05, 3.63) is 18.5 Å². The van der Waals surface area contributed by atoms with Crippen molar-refractivity contribution >= 4 is 17.7 Å². The molecule has 1 fully saturated rings. The van der Waals surface area contributed by atoms with Crippen molar-refractivity contribution < 1.29 is 4.79 Å². The second-order valence-electron chi connectivity index (χ2n) is 5.88. The summed E-state index contributed by atoms with van der Waals surface area (Å²) < 4.78 is 1.61. The van der Waals surface area contributed by atoms with E-state index in [1.54, 1.807) is 24.0 Å². The van der Waals surface area contributed by atoms with Gasteiger partial charge in [-0.3, -0.25) is 4.79 Å². The van der Waals surface area contributed by atoms with Crippen molar-refractivity contribution in [2.45, 2.75) is 13.3 Å². The van der Waals surface area contributed by atoms with E-state index in [2.05, 4.69) is 42.2 Å². The Hall–Kier alpha value is -2.55. The monoisotopic (exact) mass is 330 g/mol. The lowest BCUT2D eigenvalue weighted by Gasteiger charge is -2.32. The molecule has 0 amide bonds. The Kier molecular flexibility index (Phi) is 4.99. The topological polar surface area (TPSA) is 92.1 Å². The summed E-state index contributed by atoms with van der Waals surface area (Å²) in [5, 5.41) is 7.30. The van der Waals surface area contributed by atoms with Crippen LogP contribution in [0.5, 0.6) is 0 Å². The third-order valence-corrected chi connectivity index (χ3v) is 3.87. The zero-order chi connectivity index (χ0) is 16.9. The van der Waals surface area contributed by atoms with E-state index in [9.17, 15) is 4.79 Å². The fraction of sp³-hybridized carbons (Fsp3) is 0.533. The minimum absolute atomic E-state index is 0.128. The Morgan fingerprint density at radius 2 is 1.92 bits per heavy atom. The molecule has 1 aliphatic heterocycles. The van der Waals surface area contributed by atoms with E-state index in [1.807, 2.05) is 6.07 Å². The Balaban J connectivity index is 1.83. The molecule has 2 aromatic rings. The zero-order valence-electron chi connectivity index (χ0n) is 14.0. The first-order chi connectivity index (χ1) is 11.6. The summed E-state index contributed by atoms with van der Waals surface area (Å²) in [6.07, 6.45) is 3.91. The molecule has 0 unspecified atom stereocenters. The van der Waals surface area contributed by atoms with Crippen LogP contribution in [0.4, 0.5) is 11.9 Å². The summed E-state index contributed by atoms with van der Waals surface area (Å²) in [6.45, 7) is 5.74. The first-order valence-corrected chi connectivity index (χ1v) is 8.05. The molecular formula is C15H22N8O. The molecule has 0 radical (unpaired) electrons. The van der Waals surface area contributed by atoms with Crippen LogP contribution in [0.25, 0.3) is 5.95 Å². The van der Waals surface area contributed by atoms with Gasteiger partial charge in [0, 0.05) is 51.5 Å². The van der Waals surface area contributed by atoms with Gasteiger partial charge in [-0.1, -0.05) is 0 Å². The summed E-state index contributed by atoms with van der Waals surface area (Å²) in [5.74, 6) is 1.69. The summed E-state index contributed by atoms with van der Waals surface area (Å²) in [6, 6.07) is 1.82. The number of Topliss-reactive ketones (excluding diaryl/α,β-unsaturated/α-hetero) is 1. The van der Waals surface area contributed by atoms with Crippen LogP contribution in [0, 0.1) is 0 Å². The maximum atomic E-state index is 11.1. The van der Waals surface area contributed by atoms with E-state index in [0.29, 0.717) is 30.8 Å². The van der Waals surface area contributed by atoms with Gasteiger partial charge in [0.25, 0.3) is 5.95 Å². The lowest BCUT2D eigenvalue weighted by atomic mass is 10.3. The summed E-state index contributed by atoms with van der Waals surface area (Å²) >= 11 is 0. The second kappa shape index (κ2) is 7.35. The van der Waals surface area contributed by atoms with Crippen LogP contribution in [0.15, 0.2) is 18.5 Å². The molecule has 3 rings (SSSR count). The van der Waals surface area contributed by atoms with Crippen molar-refractivity contribution in [1.82, 2.24) is 29.6 Å². The average molecular weight is 330 g/mol. The lowest BCUT2D eigenvalue weighted by Crippen LogP contribution is -2.45. The minimum atomic E-state index is 0.128. The molecule has 9 heteroatoms. The van der Waals surface area contributed by atoms with Crippen LogP contribution in [0.1, 0.15) is 13.3 Å². The summed E-state index contributed by atoms with van der Waals surface area (Å²) in [5.41, 5.74) is 0. The van der Waals surface area contributed by atoms with Gasteiger partial charge in [0.15, 0.2) is 0 Å². The van der Waals surface area contributed by atoms with Gasteiger partial charge in [0.05, 0.1) is 0 Å². The Bertz CT molecular complexity index is 679. The normalized spacial score (nSPS) is 15.5. The maximum Gasteiger partial charge on any atom is 0.257 e. The van der Waals surface area contributed by atoms with Crippen molar-refractivity contribution in [3.8, 4) is 5.95 Å². The number of rotatable bonds is 6. The van der Waals surface area contributed by atoms with Crippen molar-refractivity contribution in [2.24, 2.45) is 0 Å². The molecule has 2 aromatic heterocycles. The maximum absolute atomic E-state index is 11.1. The SMILES string of the molecule is CC(=O)CCNc1nc(N2CCN(C)CC2)nc(-n2cccn2)n1. The number of carbonyl (C=O) groups excluding carboxylic acids is 1. The number of nitrogens with one attached hydrogen (secondary N) is 1. The molecule has 0 atom stereocenters. The number of likely N-dealkylation sites (N-methyl/N-ethyl adjacent to an activating group) is 1. The van der Waals surface area contributed by atoms with Crippen molar-refractivity contribution in [3.63, 3.8) is 0 Å². The molecule has 0 aliphatic carbocycles. The van der Waals surface area contributed by atoms with Gasteiger partial charge < -0.3 is 15.1 Å². The molecule has 3 heterocycles. The highest BCUT2D eigenvalue weighted by atomic mass is 16.1. The molecular weight excluding hydrogens is 308 g/mol. The third kappa shape index (κ3) is 4.05. The van der Waals surface area contributed by atoms with E-state index in [1.165, 1.54) is 0 Å². The van der Waals surface area contributed by atoms with Crippen molar-refractivity contribution in [1.29, 1.82) is 0 Å². The molecule has 24 heavy (non-hydrogen) atoms. The van der Waals surface area contributed by atoms with Gasteiger partial charge in [-0.2, -0.15) is 20.1 Å². The predicted molar refractivity (Wildman–Crippen MR) is 90.4 cm³/mol. The number of carbonyl (C=O) groups is 1. The number of nitrogens with zero attached hydrogens (tertiary/aromatic N) is 7. The van der Waals surface area contributed by atoms with Gasteiger partial charge in [0.1, 0.15) is 5.78 Å². The van der Waals surface area contributed by atoms with Crippen LogP contribution in [-0.4, -0.2) is 75.2 Å². The Morgan fingerprint density at radius 1 is 1.17 bits per heavy atom. The fourth-order valence-electron chi connectivity index (χ4n) is 2.42. The molecule has 128 valence electrons. The fourth-order valence-corrected chi connectivity index (χ4v) is 2.42. The van der Waals surface area contributed by atoms with Gasteiger partial charge >= 0.3 is 0 Å². The van der Waals surface area contributed by atoms with E-state index in [-0.39, 0.29) is 5.78 Å². The molecule has 1 N–H and O–H groups in total. The molecule has 0 aromatic carbocycles. The van der Waals surface area contributed by atoms with Crippen LogP contribution >= 0.6 is 0 Å². The number of ketones is 1. The van der Waals surface area contributed by atoms with E-state index < -0.39 is 0 Å². The van der Waals surface area contributed by atoms with Crippen molar-refractivity contribution in [2.75, 3.05) is 50.0 Å². The zero-order valence-corrected chi connectivity index (χ0v) is 14.0. The molecule has 1 saturated heterocycles. The molecule has 0 saturated carbocycles. The summed E-state index contributed by atoms with van der Waals surface area (Å²) in [4.78, 5) is 29.0. The largest absolute Gasteiger partial charge is 0.354 e. The highest BCUT2D eigenvalue weighted by Crippen LogP contribution is 2.15. The van der Waals surface area contributed by atoms with Gasteiger partial charge in [0.2, 0.25) is 11.9 Å². The average Bonchev–Trinajstić information content (AvgIpc) is 3.09. The standard InChI is InChI=1S/C15H22N8O/c1-12(24)4-6-16-13-18-14(22-10-8-21(2)9-11-22)20-15(19-13)23-7-3-5-17-23/h3,5,7H,4,6,8-11H2,1-2H3,(H,16,18,19,20). The highest BCUT2D eigenvalue weighted by molar-refractivity contribution is 5.75. The van der Waals surface area contributed by atoms with Crippen LogP contribution in [0.2, 0.25) is 0 Å². The molecule has 1 aliphatic rings. The Labute approximate surface area is 140 Å². The van der Waals surface area contributed by atoms with Crippen LogP contribution < -0.4 is 10.2 Å². The van der Waals surface area contributed by atoms with Gasteiger partial charge in [-0.05, 0) is 20.0 Å². The molecule has 9 nitrogen and oxygen atoms in total. The first-order valence-electron chi connectivity index (χ1n) is 8.05. The van der Waals surface area contributed by atoms with Crippen LogP contribution in [-0.2, 0) is 4.79 Å². The number of aromatic nitrogens is 5. The molecule has 0 spiro atoms. The lowest BCUT2D eigenvalue weighted by molar-refractivity contribution is -0.116.